The zero-order valence-electron chi connectivity index (χ0n) is 17.4. The number of nitrogens with zero attached hydrogens (tertiary/aromatic N) is 1. The molecule has 0 fully saturated rings. The van der Waals surface area contributed by atoms with Gasteiger partial charge in [0, 0.05) is 11.1 Å². The summed E-state index contributed by atoms with van der Waals surface area (Å²) < 4.78 is 0. The van der Waals surface area contributed by atoms with Crippen LogP contribution < -0.4 is 4.90 Å². The molecule has 0 saturated carbocycles. The number of imide groups is 1. The molecule has 1 heterocycles. The van der Waals surface area contributed by atoms with Crippen LogP contribution in [-0.2, 0) is 24.4 Å². The Labute approximate surface area is 165 Å². The fourth-order valence-corrected chi connectivity index (χ4v) is 3.30. The molecule has 2 amide bonds. The van der Waals surface area contributed by atoms with Crippen LogP contribution in [0, 0.1) is 5.41 Å². The Morgan fingerprint density at radius 1 is 0.964 bits per heavy atom. The minimum Gasteiger partial charge on any atom is -0.269 e. The Kier molecular flexibility index (Phi) is 6.11. The van der Waals surface area contributed by atoms with E-state index >= 15 is 0 Å². The molecule has 0 aromatic heterocycles. The van der Waals surface area contributed by atoms with Crippen LogP contribution >= 0.6 is 0 Å². The largest absolute Gasteiger partial charge is 0.378 e. The second kappa shape index (κ2) is 7.85. The van der Waals surface area contributed by atoms with E-state index in [1.165, 1.54) is 12.1 Å². The second-order valence-corrected chi connectivity index (χ2v) is 8.73. The predicted octanol–water partition coefficient (Wildman–Crippen LogP) is 4.13. The molecular formula is C21H27NO6. The van der Waals surface area contributed by atoms with E-state index in [4.69, 9.17) is 14.8 Å². The number of hydrogen-bond acceptors (Lipinski definition) is 6. The first-order valence-corrected chi connectivity index (χ1v) is 9.06. The smallest absolute Gasteiger partial charge is 0.269 e. The van der Waals surface area contributed by atoms with Gasteiger partial charge in [0.1, 0.15) is 5.60 Å². The Morgan fingerprint density at radius 3 is 2.04 bits per heavy atom. The van der Waals surface area contributed by atoms with E-state index < -0.39 is 23.4 Å². The standard InChI is InChI=1S/C21H27NO6/c1-13-14(2)18(24)22(17(13)23)16-11-9-8-10-15(16)19(25)26-28-27-21(6,7)12-20(3,4)5/h8-11H,12H2,1-7H3. The van der Waals surface area contributed by atoms with Gasteiger partial charge in [0.05, 0.1) is 11.3 Å². The minimum absolute atomic E-state index is 0.0112. The first kappa shape index (κ1) is 21.8. The topological polar surface area (TPSA) is 82.1 Å². The molecule has 7 nitrogen and oxygen atoms in total. The molecule has 0 unspecified atom stereocenters. The highest BCUT2D eigenvalue weighted by atomic mass is 17.5. The molecule has 1 aromatic carbocycles. The zero-order valence-corrected chi connectivity index (χ0v) is 17.4. The lowest BCUT2D eigenvalue weighted by molar-refractivity contribution is -0.514. The van der Waals surface area contributed by atoms with Gasteiger partial charge < -0.3 is 0 Å². The summed E-state index contributed by atoms with van der Waals surface area (Å²) in [5.41, 5.74) is 0.147. The number of para-hydroxylation sites is 1. The van der Waals surface area contributed by atoms with Crippen LogP contribution in [0.25, 0.3) is 0 Å². The summed E-state index contributed by atoms with van der Waals surface area (Å²) in [7, 11) is 0. The lowest BCUT2D eigenvalue weighted by Gasteiger charge is -2.29. The number of hydrogen-bond donors (Lipinski definition) is 0. The fraction of sp³-hybridized carbons (Fsp3) is 0.476. The summed E-state index contributed by atoms with van der Waals surface area (Å²) in [5.74, 6) is -1.80. The highest BCUT2D eigenvalue weighted by molar-refractivity contribution is 6.33. The van der Waals surface area contributed by atoms with Crippen molar-refractivity contribution in [1.82, 2.24) is 0 Å². The summed E-state index contributed by atoms with van der Waals surface area (Å²) in [6.45, 7) is 13.0. The molecule has 0 N–H and O–H groups in total. The van der Waals surface area contributed by atoms with E-state index in [0.717, 1.165) is 4.90 Å². The predicted molar refractivity (Wildman–Crippen MR) is 103 cm³/mol. The molecule has 0 saturated heterocycles. The third kappa shape index (κ3) is 4.85. The first-order chi connectivity index (χ1) is 12.8. The van der Waals surface area contributed by atoms with Crippen LogP contribution in [0.5, 0.6) is 0 Å². The van der Waals surface area contributed by atoms with Gasteiger partial charge in [-0.15, -0.1) is 0 Å². The zero-order chi connectivity index (χ0) is 21.3. The Balaban J connectivity index is 2.12. The summed E-state index contributed by atoms with van der Waals surface area (Å²) in [6, 6.07) is 6.18. The Morgan fingerprint density at radius 2 is 1.50 bits per heavy atom. The van der Waals surface area contributed by atoms with Crippen molar-refractivity contribution in [2.24, 2.45) is 5.41 Å². The fourth-order valence-electron chi connectivity index (χ4n) is 3.30. The Hall–Kier alpha value is -2.51. The Bertz CT molecular complexity index is 808. The van der Waals surface area contributed by atoms with Crippen LogP contribution in [-0.4, -0.2) is 23.4 Å². The molecule has 7 heteroatoms. The van der Waals surface area contributed by atoms with E-state index in [0.29, 0.717) is 17.6 Å². The molecule has 0 aliphatic carbocycles. The van der Waals surface area contributed by atoms with E-state index in [-0.39, 0.29) is 16.7 Å². The highest BCUT2D eigenvalue weighted by Gasteiger charge is 2.37. The number of anilines is 1. The number of carbonyl (C=O) groups excluding carboxylic acids is 3. The summed E-state index contributed by atoms with van der Waals surface area (Å²) >= 11 is 0. The van der Waals surface area contributed by atoms with Crippen molar-refractivity contribution in [2.75, 3.05) is 4.90 Å². The lowest BCUT2D eigenvalue weighted by Crippen LogP contribution is -2.33. The minimum atomic E-state index is -0.870. The molecule has 1 aliphatic rings. The van der Waals surface area contributed by atoms with Crippen LogP contribution in [0.4, 0.5) is 5.69 Å². The van der Waals surface area contributed by atoms with E-state index in [9.17, 15) is 14.4 Å². The average molecular weight is 389 g/mol. The maximum Gasteiger partial charge on any atom is 0.378 e. The molecule has 1 aromatic rings. The number of amides is 2. The monoisotopic (exact) mass is 389 g/mol. The molecule has 2 rings (SSSR count). The highest BCUT2D eigenvalue weighted by Crippen LogP contribution is 2.31. The van der Waals surface area contributed by atoms with Gasteiger partial charge in [-0.25, -0.2) is 9.69 Å². The maximum atomic E-state index is 12.5. The molecule has 0 spiro atoms. The molecule has 0 bridgehead atoms. The van der Waals surface area contributed by atoms with Gasteiger partial charge in [0.15, 0.2) is 0 Å². The van der Waals surface area contributed by atoms with Crippen molar-refractivity contribution in [3.05, 3.63) is 41.0 Å². The summed E-state index contributed by atoms with van der Waals surface area (Å²) in [5, 5.41) is 4.73. The molecule has 28 heavy (non-hydrogen) atoms. The van der Waals surface area contributed by atoms with Crippen LogP contribution in [0.3, 0.4) is 0 Å². The van der Waals surface area contributed by atoms with Gasteiger partial charge in [0.2, 0.25) is 0 Å². The van der Waals surface area contributed by atoms with Crippen molar-refractivity contribution < 1.29 is 29.2 Å². The number of benzene rings is 1. The average Bonchev–Trinajstić information content (AvgIpc) is 2.76. The van der Waals surface area contributed by atoms with E-state index in [1.54, 1.807) is 26.0 Å². The second-order valence-electron chi connectivity index (χ2n) is 8.73. The third-order valence-electron chi connectivity index (χ3n) is 4.30. The van der Waals surface area contributed by atoms with Crippen molar-refractivity contribution in [2.45, 2.75) is 60.5 Å². The van der Waals surface area contributed by atoms with Gasteiger partial charge in [-0.05, 0) is 56.7 Å². The van der Waals surface area contributed by atoms with Crippen LogP contribution in [0.15, 0.2) is 35.4 Å². The van der Waals surface area contributed by atoms with Gasteiger partial charge in [-0.1, -0.05) is 32.9 Å². The SMILES string of the molecule is CC1=C(C)C(=O)N(c2ccccc2C(=O)OOOC(C)(C)CC(C)(C)C)C1=O. The molecular weight excluding hydrogens is 362 g/mol. The number of carbonyl (C=O) groups is 3. The number of rotatable bonds is 6. The normalized spacial score (nSPS) is 15.5. The molecule has 1 aliphatic heterocycles. The van der Waals surface area contributed by atoms with Gasteiger partial charge >= 0.3 is 5.97 Å². The first-order valence-electron chi connectivity index (χ1n) is 9.06. The van der Waals surface area contributed by atoms with Gasteiger partial charge in [-0.3, -0.25) is 14.5 Å². The van der Waals surface area contributed by atoms with Crippen molar-refractivity contribution in [1.29, 1.82) is 0 Å². The molecule has 0 radical (unpaired) electrons. The van der Waals surface area contributed by atoms with Crippen molar-refractivity contribution in [3.63, 3.8) is 0 Å². The van der Waals surface area contributed by atoms with E-state index in [1.807, 2.05) is 13.8 Å². The van der Waals surface area contributed by atoms with Crippen LogP contribution in [0.1, 0.15) is 65.2 Å². The van der Waals surface area contributed by atoms with E-state index in [2.05, 4.69) is 20.8 Å². The lowest BCUT2D eigenvalue weighted by atomic mass is 9.84. The van der Waals surface area contributed by atoms with Crippen molar-refractivity contribution >= 4 is 23.5 Å². The molecule has 152 valence electrons. The van der Waals surface area contributed by atoms with Gasteiger partial charge in [0.25, 0.3) is 11.8 Å². The molecule has 0 atom stereocenters. The van der Waals surface area contributed by atoms with Gasteiger partial charge in [-0.2, -0.15) is 4.89 Å². The summed E-state index contributed by atoms with van der Waals surface area (Å²) in [6.07, 6.45) is 0.662. The maximum absolute atomic E-state index is 12.5. The van der Waals surface area contributed by atoms with Crippen LogP contribution in [0.2, 0.25) is 0 Å². The quantitative estimate of drug-likeness (QED) is 0.413. The third-order valence-corrected chi connectivity index (χ3v) is 4.30. The summed E-state index contributed by atoms with van der Waals surface area (Å²) in [4.78, 5) is 48.3. The van der Waals surface area contributed by atoms with Crippen molar-refractivity contribution in [3.8, 4) is 0 Å².